The van der Waals surface area contributed by atoms with Gasteiger partial charge in [-0.25, -0.2) is 0 Å². The Morgan fingerprint density at radius 1 is 1.24 bits per heavy atom. The molecule has 0 saturated heterocycles. The molecule has 0 saturated carbocycles. The predicted octanol–water partition coefficient (Wildman–Crippen LogP) is 2.35. The maximum Gasteiger partial charge on any atom is 0.260 e. The van der Waals surface area contributed by atoms with Crippen LogP contribution >= 0.6 is 12.2 Å². The van der Waals surface area contributed by atoms with Crippen molar-refractivity contribution in [3.05, 3.63) is 42.5 Å². The normalized spacial score (nSPS) is 10.3. The summed E-state index contributed by atoms with van der Waals surface area (Å²) in [4.78, 5) is 14.0. The Balaban J connectivity index is 1.98. The lowest BCUT2D eigenvalue weighted by atomic mass is 10.1. The molecule has 0 radical (unpaired) electrons. The number of nitrogens with two attached hydrogens (primary N) is 1. The first-order chi connectivity index (χ1) is 10.1. The minimum atomic E-state index is -0.0980. The van der Waals surface area contributed by atoms with E-state index >= 15 is 0 Å². The maximum atomic E-state index is 12.0. The smallest absolute Gasteiger partial charge is 0.260 e. The summed E-state index contributed by atoms with van der Waals surface area (Å²) in [7, 11) is 1.72. The predicted molar refractivity (Wildman–Crippen MR) is 88.5 cm³/mol. The number of hydrogen-bond acceptors (Lipinski definition) is 3. The summed E-state index contributed by atoms with van der Waals surface area (Å²) >= 11 is 4.80. The van der Waals surface area contributed by atoms with Crippen molar-refractivity contribution in [1.82, 2.24) is 4.90 Å². The van der Waals surface area contributed by atoms with Gasteiger partial charge >= 0.3 is 0 Å². The van der Waals surface area contributed by atoms with Gasteiger partial charge in [-0.05, 0) is 11.5 Å². The quantitative estimate of drug-likeness (QED) is 0.832. The highest BCUT2D eigenvalue weighted by atomic mass is 32.1. The van der Waals surface area contributed by atoms with Gasteiger partial charge in [-0.2, -0.15) is 0 Å². The van der Waals surface area contributed by atoms with Crippen LogP contribution in [0.5, 0.6) is 5.75 Å². The van der Waals surface area contributed by atoms with Crippen LogP contribution in [0, 0.1) is 0 Å². The van der Waals surface area contributed by atoms with E-state index in [2.05, 4.69) is 0 Å². The molecule has 110 valence electrons. The van der Waals surface area contributed by atoms with E-state index in [1.165, 1.54) is 0 Å². The number of amides is 1. The standard InChI is InChI=1S/C16H18N2O2S/c1-18(10-9-15(17)21)16(19)11-20-14-8-4-6-12-5-2-3-7-13(12)14/h2-8H,9-11H2,1H3,(H2,17,21). The van der Waals surface area contributed by atoms with Crippen molar-refractivity contribution in [3.8, 4) is 5.75 Å². The van der Waals surface area contributed by atoms with E-state index in [-0.39, 0.29) is 12.5 Å². The Morgan fingerprint density at radius 2 is 1.95 bits per heavy atom. The highest BCUT2D eigenvalue weighted by Gasteiger charge is 2.10. The van der Waals surface area contributed by atoms with Crippen LogP contribution < -0.4 is 10.5 Å². The molecule has 21 heavy (non-hydrogen) atoms. The van der Waals surface area contributed by atoms with E-state index in [1.807, 2.05) is 42.5 Å². The Hall–Kier alpha value is -2.14. The fourth-order valence-electron chi connectivity index (χ4n) is 1.97. The largest absolute Gasteiger partial charge is 0.483 e. The molecular weight excluding hydrogens is 284 g/mol. The molecule has 2 rings (SSSR count). The zero-order chi connectivity index (χ0) is 15.2. The third-order valence-corrected chi connectivity index (χ3v) is 3.42. The first-order valence-corrected chi connectivity index (χ1v) is 7.11. The molecule has 0 bridgehead atoms. The highest BCUT2D eigenvalue weighted by molar-refractivity contribution is 7.80. The first kappa shape index (κ1) is 15.3. The van der Waals surface area contributed by atoms with Crippen LogP contribution in [0.15, 0.2) is 42.5 Å². The molecule has 0 aromatic heterocycles. The van der Waals surface area contributed by atoms with Crippen LogP contribution in [0.4, 0.5) is 0 Å². The van der Waals surface area contributed by atoms with Crippen LogP contribution in [0.2, 0.25) is 0 Å². The molecule has 2 aromatic carbocycles. The minimum absolute atomic E-state index is 0.00183. The van der Waals surface area contributed by atoms with Gasteiger partial charge in [0, 0.05) is 25.4 Å². The average Bonchev–Trinajstić information content (AvgIpc) is 2.50. The topological polar surface area (TPSA) is 55.6 Å². The van der Waals surface area contributed by atoms with Gasteiger partial charge in [0.25, 0.3) is 5.91 Å². The van der Waals surface area contributed by atoms with Gasteiger partial charge in [0.05, 0.1) is 4.99 Å². The number of carbonyl (C=O) groups excluding carboxylic acids is 1. The number of fused-ring (bicyclic) bond motifs is 1. The summed E-state index contributed by atoms with van der Waals surface area (Å²) in [6.45, 7) is 0.509. The molecular formula is C16H18N2O2S. The first-order valence-electron chi connectivity index (χ1n) is 6.71. The molecule has 0 aliphatic rings. The molecule has 0 aliphatic carbocycles. The zero-order valence-electron chi connectivity index (χ0n) is 11.9. The molecule has 0 atom stereocenters. The van der Waals surface area contributed by atoms with Gasteiger partial charge in [0.2, 0.25) is 0 Å². The summed E-state index contributed by atoms with van der Waals surface area (Å²) < 4.78 is 5.65. The number of likely N-dealkylation sites (N-methyl/N-ethyl adjacent to an activating group) is 1. The lowest BCUT2D eigenvalue weighted by molar-refractivity contribution is -0.131. The second kappa shape index (κ2) is 7.04. The van der Waals surface area contributed by atoms with E-state index in [1.54, 1.807) is 11.9 Å². The van der Waals surface area contributed by atoms with Crippen molar-refractivity contribution in [2.75, 3.05) is 20.2 Å². The number of hydrogen-bond donors (Lipinski definition) is 1. The van der Waals surface area contributed by atoms with Gasteiger partial charge in [-0.1, -0.05) is 48.6 Å². The summed E-state index contributed by atoms with van der Waals surface area (Å²) in [6.07, 6.45) is 0.520. The van der Waals surface area contributed by atoms with Gasteiger partial charge in [-0.3, -0.25) is 4.79 Å². The summed E-state index contributed by atoms with van der Waals surface area (Å²) in [6, 6.07) is 13.7. The molecule has 4 nitrogen and oxygen atoms in total. The van der Waals surface area contributed by atoms with Crippen molar-refractivity contribution in [2.24, 2.45) is 5.73 Å². The van der Waals surface area contributed by atoms with Crippen molar-refractivity contribution >= 4 is 33.9 Å². The van der Waals surface area contributed by atoms with Gasteiger partial charge in [0.15, 0.2) is 6.61 Å². The number of carbonyl (C=O) groups is 1. The second-order valence-corrected chi connectivity index (χ2v) is 5.32. The fourth-order valence-corrected chi connectivity index (χ4v) is 2.07. The Labute approximate surface area is 129 Å². The fraction of sp³-hybridized carbons (Fsp3) is 0.250. The number of rotatable bonds is 6. The number of benzene rings is 2. The molecule has 5 heteroatoms. The van der Waals surface area contributed by atoms with Gasteiger partial charge < -0.3 is 15.4 Å². The van der Waals surface area contributed by atoms with Crippen LogP contribution in [0.1, 0.15) is 6.42 Å². The SMILES string of the molecule is CN(CCC(N)=S)C(=O)COc1cccc2ccccc12. The van der Waals surface area contributed by atoms with Crippen LogP contribution in [0.25, 0.3) is 10.8 Å². The van der Waals surface area contributed by atoms with Crippen LogP contribution in [0.3, 0.4) is 0 Å². The second-order valence-electron chi connectivity index (χ2n) is 4.80. The molecule has 0 heterocycles. The lowest BCUT2D eigenvalue weighted by Crippen LogP contribution is -2.33. The van der Waals surface area contributed by atoms with Crippen molar-refractivity contribution in [2.45, 2.75) is 6.42 Å². The molecule has 2 N–H and O–H groups in total. The Morgan fingerprint density at radius 3 is 2.71 bits per heavy atom. The minimum Gasteiger partial charge on any atom is -0.483 e. The van der Waals surface area contributed by atoms with Crippen molar-refractivity contribution in [1.29, 1.82) is 0 Å². The molecule has 1 amide bonds. The Kier molecular flexibility index (Phi) is 5.11. The van der Waals surface area contributed by atoms with E-state index in [9.17, 15) is 4.79 Å². The van der Waals surface area contributed by atoms with E-state index < -0.39 is 0 Å². The van der Waals surface area contributed by atoms with Gasteiger partial charge in [0.1, 0.15) is 5.75 Å². The number of thiocarbonyl (C=S) groups is 1. The van der Waals surface area contributed by atoms with E-state index in [0.717, 1.165) is 10.8 Å². The van der Waals surface area contributed by atoms with Crippen molar-refractivity contribution in [3.63, 3.8) is 0 Å². The molecule has 0 unspecified atom stereocenters. The van der Waals surface area contributed by atoms with E-state index in [0.29, 0.717) is 23.7 Å². The average molecular weight is 302 g/mol. The highest BCUT2D eigenvalue weighted by Crippen LogP contribution is 2.24. The molecule has 2 aromatic rings. The molecule has 0 aliphatic heterocycles. The summed E-state index contributed by atoms with van der Waals surface area (Å²) in [5, 5.41) is 2.09. The van der Waals surface area contributed by atoms with E-state index in [4.69, 9.17) is 22.7 Å². The Bertz CT molecular complexity index is 652. The summed E-state index contributed by atoms with van der Waals surface area (Å²) in [5.74, 6) is 0.614. The number of nitrogens with zero attached hydrogens (tertiary/aromatic N) is 1. The van der Waals surface area contributed by atoms with Crippen molar-refractivity contribution < 1.29 is 9.53 Å². The number of ether oxygens (including phenoxy) is 1. The van der Waals surface area contributed by atoms with Crippen LogP contribution in [-0.4, -0.2) is 36.0 Å². The third kappa shape index (κ3) is 4.16. The zero-order valence-corrected chi connectivity index (χ0v) is 12.7. The lowest BCUT2D eigenvalue weighted by Gasteiger charge is -2.17. The molecule has 0 spiro atoms. The van der Waals surface area contributed by atoms with Gasteiger partial charge in [-0.15, -0.1) is 0 Å². The monoisotopic (exact) mass is 302 g/mol. The van der Waals surface area contributed by atoms with Crippen LogP contribution in [-0.2, 0) is 4.79 Å². The maximum absolute atomic E-state index is 12.0. The third-order valence-electron chi connectivity index (χ3n) is 3.22. The summed E-state index contributed by atoms with van der Waals surface area (Å²) in [5.41, 5.74) is 5.43. The molecule has 0 fully saturated rings.